The van der Waals surface area contributed by atoms with Crippen LogP contribution in [0.3, 0.4) is 0 Å². The number of nitrogens with two attached hydrogens (primary N) is 1. The molecule has 0 amide bonds. The topological polar surface area (TPSA) is 26.0 Å². The zero-order valence-electron chi connectivity index (χ0n) is 6.83. The van der Waals surface area contributed by atoms with Gasteiger partial charge in [0.15, 0.2) is 0 Å². The van der Waals surface area contributed by atoms with Gasteiger partial charge < -0.3 is 5.73 Å². The Morgan fingerprint density at radius 2 is 1.86 bits per heavy atom. The van der Waals surface area contributed by atoms with Crippen LogP contribution in [0.15, 0.2) is 12.1 Å². The molecule has 0 aliphatic heterocycles. The van der Waals surface area contributed by atoms with Crippen LogP contribution in [0.5, 0.6) is 0 Å². The molecule has 0 aliphatic carbocycles. The fraction of sp³-hybridized carbons (Fsp3) is 0.250. The van der Waals surface area contributed by atoms with Crippen molar-refractivity contribution < 1.29 is 13.2 Å². The van der Waals surface area contributed by atoms with E-state index in [1.54, 1.807) is 0 Å². The van der Waals surface area contributed by atoms with Gasteiger partial charge in [0.1, 0.15) is 0 Å². The first kappa shape index (κ1) is 11.5. The first-order valence-electron chi connectivity index (χ1n) is 3.57. The molecule has 0 unspecified atom stereocenters. The van der Waals surface area contributed by atoms with E-state index in [9.17, 15) is 13.2 Å². The summed E-state index contributed by atoms with van der Waals surface area (Å²) in [5.74, 6) is -0.0373. The van der Waals surface area contributed by atoms with Crippen molar-refractivity contribution in [3.63, 3.8) is 0 Å². The summed E-state index contributed by atoms with van der Waals surface area (Å²) >= 11 is 10.8. The van der Waals surface area contributed by atoms with Crippen molar-refractivity contribution >= 4 is 28.9 Å². The molecule has 0 saturated heterocycles. The van der Waals surface area contributed by atoms with E-state index in [2.05, 4.69) is 0 Å². The minimum Gasteiger partial charge on any atom is -0.398 e. The summed E-state index contributed by atoms with van der Waals surface area (Å²) in [6.45, 7) is 0. The Hall–Kier alpha value is -0.610. The monoisotopic (exact) mass is 243 g/mol. The van der Waals surface area contributed by atoms with Gasteiger partial charge in [0.05, 0.1) is 16.3 Å². The zero-order chi connectivity index (χ0) is 10.9. The number of rotatable bonds is 1. The van der Waals surface area contributed by atoms with Gasteiger partial charge in [-0.2, -0.15) is 13.2 Å². The standard InChI is InChI=1S/C8H6Cl2F3N/c9-3-4-1-5(8(11,12)13)7(10)6(14)2-4/h1-2H,3,14H2. The maximum Gasteiger partial charge on any atom is 0.417 e. The molecular formula is C8H6Cl2F3N. The van der Waals surface area contributed by atoms with Gasteiger partial charge in [-0.1, -0.05) is 11.6 Å². The molecule has 0 spiro atoms. The van der Waals surface area contributed by atoms with Crippen molar-refractivity contribution in [2.75, 3.05) is 5.73 Å². The van der Waals surface area contributed by atoms with Crippen molar-refractivity contribution in [1.29, 1.82) is 0 Å². The number of hydrogen-bond acceptors (Lipinski definition) is 1. The number of anilines is 1. The molecule has 78 valence electrons. The summed E-state index contributed by atoms with van der Waals surface area (Å²) in [6.07, 6.45) is -4.51. The molecule has 6 heteroatoms. The SMILES string of the molecule is Nc1cc(CCl)cc(C(F)(F)F)c1Cl. The van der Waals surface area contributed by atoms with Crippen LogP contribution in [0.1, 0.15) is 11.1 Å². The predicted molar refractivity (Wildman–Crippen MR) is 50.4 cm³/mol. The second-order valence-corrected chi connectivity index (χ2v) is 3.32. The number of benzene rings is 1. The highest BCUT2D eigenvalue weighted by atomic mass is 35.5. The minimum atomic E-state index is -4.51. The number of hydrogen-bond donors (Lipinski definition) is 1. The lowest BCUT2D eigenvalue weighted by Crippen LogP contribution is -2.08. The molecule has 1 nitrogen and oxygen atoms in total. The average molecular weight is 244 g/mol. The maximum absolute atomic E-state index is 12.4. The lowest BCUT2D eigenvalue weighted by molar-refractivity contribution is -0.137. The van der Waals surface area contributed by atoms with E-state index >= 15 is 0 Å². The third kappa shape index (κ3) is 2.25. The summed E-state index contributed by atoms with van der Waals surface area (Å²) in [6, 6.07) is 2.22. The number of alkyl halides is 4. The number of halogens is 5. The fourth-order valence-corrected chi connectivity index (χ4v) is 1.36. The summed E-state index contributed by atoms with van der Waals surface area (Å²) in [5, 5.41) is -0.480. The van der Waals surface area contributed by atoms with E-state index in [0.29, 0.717) is 5.56 Å². The highest BCUT2D eigenvalue weighted by molar-refractivity contribution is 6.34. The van der Waals surface area contributed by atoms with Gasteiger partial charge >= 0.3 is 6.18 Å². The van der Waals surface area contributed by atoms with Crippen molar-refractivity contribution in [1.82, 2.24) is 0 Å². The molecule has 0 radical (unpaired) electrons. The average Bonchev–Trinajstić information content (AvgIpc) is 2.07. The fourth-order valence-electron chi connectivity index (χ4n) is 0.992. The molecule has 14 heavy (non-hydrogen) atoms. The maximum atomic E-state index is 12.4. The van der Waals surface area contributed by atoms with Gasteiger partial charge in [0.2, 0.25) is 0 Å². The Bertz CT molecular complexity index is 349. The van der Waals surface area contributed by atoms with Crippen LogP contribution in [0.4, 0.5) is 18.9 Å². The Morgan fingerprint density at radius 1 is 1.29 bits per heavy atom. The van der Waals surface area contributed by atoms with Gasteiger partial charge in [0.25, 0.3) is 0 Å². The van der Waals surface area contributed by atoms with Gasteiger partial charge in [-0.15, -0.1) is 11.6 Å². The van der Waals surface area contributed by atoms with Gasteiger partial charge in [0, 0.05) is 5.88 Å². The normalized spacial score (nSPS) is 11.8. The van der Waals surface area contributed by atoms with Gasteiger partial charge in [-0.25, -0.2) is 0 Å². The van der Waals surface area contributed by atoms with E-state index in [4.69, 9.17) is 28.9 Å². The third-order valence-corrected chi connectivity index (χ3v) is 2.35. The van der Waals surface area contributed by atoms with Crippen LogP contribution in [0.2, 0.25) is 5.02 Å². The van der Waals surface area contributed by atoms with E-state index in [1.807, 2.05) is 0 Å². The molecule has 0 aliphatic rings. The zero-order valence-corrected chi connectivity index (χ0v) is 8.34. The van der Waals surface area contributed by atoms with Gasteiger partial charge in [-0.3, -0.25) is 0 Å². The Labute approximate surface area is 88.6 Å². The van der Waals surface area contributed by atoms with Crippen molar-refractivity contribution in [2.24, 2.45) is 0 Å². The first-order chi connectivity index (χ1) is 6.36. The highest BCUT2D eigenvalue weighted by Gasteiger charge is 2.34. The van der Waals surface area contributed by atoms with Crippen LogP contribution in [-0.4, -0.2) is 0 Å². The van der Waals surface area contributed by atoms with Crippen LogP contribution >= 0.6 is 23.2 Å². The van der Waals surface area contributed by atoms with Crippen LogP contribution in [0.25, 0.3) is 0 Å². The molecule has 0 saturated carbocycles. The summed E-state index contributed by atoms with van der Waals surface area (Å²) in [7, 11) is 0. The summed E-state index contributed by atoms with van der Waals surface area (Å²) in [4.78, 5) is 0. The lowest BCUT2D eigenvalue weighted by atomic mass is 10.1. The van der Waals surface area contributed by atoms with E-state index < -0.39 is 16.8 Å². The molecule has 1 aromatic carbocycles. The van der Waals surface area contributed by atoms with Crippen LogP contribution in [0, 0.1) is 0 Å². The largest absolute Gasteiger partial charge is 0.417 e. The van der Waals surface area contributed by atoms with Crippen molar-refractivity contribution in [3.05, 3.63) is 28.3 Å². The Balaban J connectivity index is 3.35. The molecule has 0 fully saturated rings. The molecule has 1 rings (SSSR count). The van der Waals surface area contributed by atoms with E-state index in [-0.39, 0.29) is 11.6 Å². The van der Waals surface area contributed by atoms with Crippen molar-refractivity contribution in [2.45, 2.75) is 12.1 Å². The molecule has 1 aromatic rings. The third-order valence-electron chi connectivity index (χ3n) is 1.62. The van der Waals surface area contributed by atoms with Crippen LogP contribution in [-0.2, 0) is 12.1 Å². The molecule has 0 bridgehead atoms. The smallest absolute Gasteiger partial charge is 0.398 e. The summed E-state index contributed by atoms with van der Waals surface area (Å²) < 4.78 is 37.1. The quantitative estimate of drug-likeness (QED) is 0.591. The number of nitrogen functional groups attached to an aromatic ring is 1. The Kier molecular flexibility index (Phi) is 3.17. The second-order valence-electron chi connectivity index (χ2n) is 2.68. The van der Waals surface area contributed by atoms with Gasteiger partial charge in [-0.05, 0) is 17.7 Å². The highest BCUT2D eigenvalue weighted by Crippen LogP contribution is 2.38. The van der Waals surface area contributed by atoms with Crippen molar-refractivity contribution in [3.8, 4) is 0 Å². The Morgan fingerprint density at radius 3 is 2.29 bits per heavy atom. The minimum absolute atomic E-state index is 0.0373. The molecule has 0 atom stereocenters. The first-order valence-corrected chi connectivity index (χ1v) is 4.48. The molecular weight excluding hydrogens is 238 g/mol. The predicted octanol–water partition coefficient (Wildman–Crippen LogP) is 3.68. The van der Waals surface area contributed by atoms with Crippen LogP contribution < -0.4 is 5.73 Å². The summed E-state index contributed by atoms with van der Waals surface area (Å²) in [5.41, 5.74) is 4.53. The molecule has 0 heterocycles. The van der Waals surface area contributed by atoms with E-state index in [1.165, 1.54) is 6.07 Å². The molecule has 0 aromatic heterocycles. The second kappa shape index (κ2) is 3.87. The lowest BCUT2D eigenvalue weighted by Gasteiger charge is -2.11. The molecule has 2 N–H and O–H groups in total. The van der Waals surface area contributed by atoms with E-state index in [0.717, 1.165) is 6.07 Å².